The van der Waals surface area contributed by atoms with Crippen molar-refractivity contribution in [2.45, 2.75) is 6.54 Å². The minimum Gasteiger partial charge on any atom is -0.486 e. The molecule has 0 amide bonds. The van der Waals surface area contributed by atoms with Gasteiger partial charge in [0.1, 0.15) is 24.8 Å². The molecule has 3 rings (SSSR count). The number of hydrogen-bond acceptors (Lipinski definition) is 7. The van der Waals surface area contributed by atoms with Gasteiger partial charge in [-0.1, -0.05) is 11.6 Å². The number of anilines is 1. The molecule has 0 radical (unpaired) electrons. The lowest BCUT2D eigenvalue weighted by atomic mass is 10.2. The van der Waals surface area contributed by atoms with Crippen molar-refractivity contribution in [1.29, 1.82) is 5.26 Å². The van der Waals surface area contributed by atoms with E-state index in [1.165, 1.54) is 12.3 Å². The molecule has 9 heteroatoms. The van der Waals surface area contributed by atoms with Crippen LogP contribution in [0.5, 0.6) is 11.5 Å². The molecule has 0 aliphatic carbocycles. The number of hydrogen-bond donors (Lipinski definition) is 1. The molecule has 0 bridgehead atoms. The van der Waals surface area contributed by atoms with Crippen LogP contribution in [-0.2, 0) is 6.54 Å². The predicted molar refractivity (Wildman–Crippen MR) is 85.4 cm³/mol. The lowest BCUT2D eigenvalue weighted by molar-refractivity contribution is -0.384. The number of nitro groups is 1. The molecule has 2 heterocycles. The average molecular weight is 347 g/mol. The Bertz CT molecular complexity index is 850. The van der Waals surface area contributed by atoms with Gasteiger partial charge in [0.25, 0.3) is 0 Å². The lowest BCUT2D eigenvalue weighted by Gasteiger charge is -2.20. The number of fused-ring (bicyclic) bond motifs is 1. The van der Waals surface area contributed by atoms with Gasteiger partial charge in [-0.15, -0.1) is 0 Å². The zero-order valence-corrected chi connectivity index (χ0v) is 13.0. The smallest absolute Gasteiger partial charge is 0.328 e. The van der Waals surface area contributed by atoms with E-state index in [-0.39, 0.29) is 23.6 Å². The minimum atomic E-state index is -0.634. The highest BCUT2D eigenvalue weighted by molar-refractivity contribution is 6.32. The molecule has 0 fully saturated rings. The van der Waals surface area contributed by atoms with Crippen molar-refractivity contribution in [3.8, 4) is 17.6 Å². The summed E-state index contributed by atoms with van der Waals surface area (Å²) in [7, 11) is 0. The maximum Gasteiger partial charge on any atom is 0.328 e. The normalized spacial score (nSPS) is 12.3. The predicted octanol–water partition coefficient (Wildman–Crippen LogP) is 2.90. The first-order valence-corrected chi connectivity index (χ1v) is 7.33. The first-order chi connectivity index (χ1) is 11.6. The van der Waals surface area contributed by atoms with Crippen LogP contribution < -0.4 is 14.8 Å². The van der Waals surface area contributed by atoms with Gasteiger partial charge in [0.15, 0.2) is 11.5 Å². The number of nitrogens with zero attached hydrogens (tertiary/aromatic N) is 3. The molecule has 0 spiro atoms. The van der Waals surface area contributed by atoms with Crippen molar-refractivity contribution in [3.05, 3.63) is 50.7 Å². The molecule has 1 N–H and O–H groups in total. The monoisotopic (exact) mass is 346 g/mol. The highest BCUT2D eigenvalue weighted by Crippen LogP contribution is 2.38. The third kappa shape index (κ3) is 3.02. The SMILES string of the molecule is N#Cc1ccnc(NCc2cc(Cl)c3c(c2)OCCO3)c1[N+](=O)[O-]. The van der Waals surface area contributed by atoms with Crippen LogP contribution in [0.25, 0.3) is 0 Å². The van der Waals surface area contributed by atoms with E-state index < -0.39 is 4.92 Å². The Labute approximate surface area is 141 Å². The van der Waals surface area contributed by atoms with E-state index in [9.17, 15) is 10.1 Å². The molecule has 24 heavy (non-hydrogen) atoms. The first kappa shape index (κ1) is 15.8. The van der Waals surface area contributed by atoms with Gasteiger partial charge in [-0.05, 0) is 23.8 Å². The van der Waals surface area contributed by atoms with Crippen LogP contribution in [0, 0.1) is 21.4 Å². The number of nitriles is 1. The van der Waals surface area contributed by atoms with Gasteiger partial charge in [-0.25, -0.2) is 4.98 Å². The first-order valence-electron chi connectivity index (χ1n) is 6.95. The summed E-state index contributed by atoms with van der Waals surface area (Å²) in [5, 5.41) is 23.4. The van der Waals surface area contributed by atoms with Crippen molar-refractivity contribution in [2.75, 3.05) is 18.5 Å². The van der Waals surface area contributed by atoms with Crippen LogP contribution in [0.4, 0.5) is 11.5 Å². The quantitative estimate of drug-likeness (QED) is 0.669. The Morgan fingerprint density at radius 1 is 1.42 bits per heavy atom. The van der Waals surface area contributed by atoms with E-state index in [2.05, 4.69) is 10.3 Å². The molecule has 8 nitrogen and oxygen atoms in total. The summed E-state index contributed by atoms with van der Waals surface area (Å²) in [6.45, 7) is 1.08. The maximum atomic E-state index is 11.2. The van der Waals surface area contributed by atoms with Crippen molar-refractivity contribution in [2.24, 2.45) is 0 Å². The molecule has 0 atom stereocenters. The van der Waals surface area contributed by atoms with E-state index in [1.54, 1.807) is 18.2 Å². The summed E-state index contributed by atoms with van der Waals surface area (Å²) >= 11 is 6.16. The summed E-state index contributed by atoms with van der Waals surface area (Å²) in [6, 6.07) is 6.51. The summed E-state index contributed by atoms with van der Waals surface area (Å²) in [5.41, 5.74) is 0.323. The Balaban J connectivity index is 1.86. The van der Waals surface area contributed by atoms with Crippen LogP contribution in [0.15, 0.2) is 24.4 Å². The number of pyridine rings is 1. The maximum absolute atomic E-state index is 11.2. The molecule has 1 aromatic carbocycles. The van der Waals surface area contributed by atoms with Crippen molar-refractivity contribution in [3.63, 3.8) is 0 Å². The fraction of sp³-hybridized carbons (Fsp3) is 0.200. The zero-order chi connectivity index (χ0) is 17.1. The number of rotatable bonds is 4. The standard InChI is InChI=1S/C15H11ClN4O4/c16-11-5-9(6-12-14(11)24-4-3-23-12)8-19-15-13(20(21)22)10(7-17)1-2-18-15/h1-2,5-6H,3-4,8H2,(H,18,19). The summed E-state index contributed by atoms with van der Waals surface area (Å²) in [6.07, 6.45) is 1.34. The van der Waals surface area contributed by atoms with Crippen LogP contribution in [-0.4, -0.2) is 23.1 Å². The van der Waals surface area contributed by atoms with Gasteiger partial charge in [-0.3, -0.25) is 10.1 Å². The molecular weight excluding hydrogens is 336 g/mol. The third-order valence-electron chi connectivity index (χ3n) is 3.34. The van der Waals surface area contributed by atoms with Gasteiger partial charge in [-0.2, -0.15) is 5.26 Å². The van der Waals surface area contributed by atoms with Gasteiger partial charge >= 0.3 is 5.69 Å². The fourth-order valence-electron chi connectivity index (χ4n) is 2.31. The van der Waals surface area contributed by atoms with Gasteiger partial charge < -0.3 is 14.8 Å². The van der Waals surface area contributed by atoms with E-state index in [1.807, 2.05) is 0 Å². The topological polar surface area (TPSA) is 110 Å². The molecule has 0 saturated carbocycles. The van der Waals surface area contributed by atoms with E-state index in [4.69, 9.17) is 26.3 Å². The van der Waals surface area contributed by atoms with Gasteiger partial charge in [0.2, 0.25) is 5.82 Å². The second-order valence-electron chi connectivity index (χ2n) is 4.88. The molecule has 1 aliphatic heterocycles. The minimum absolute atomic E-state index is 0.0186. The van der Waals surface area contributed by atoms with E-state index in [0.717, 1.165) is 5.56 Å². The molecule has 122 valence electrons. The van der Waals surface area contributed by atoms with Gasteiger partial charge in [0.05, 0.1) is 9.95 Å². The summed E-state index contributed by atoms with van der Waals surface area (Å²) in [4.78, 5) is 14.5. The fourth-order valence-corrected chi connectivity index (χ4v) is 2.60. The van der Waals surface area contributed by atoms with Crippen LogP contribution in [0.3, 0.4) is 0 Å². The van der Waals surface area contributed by atoms with Crippen molar-refractivity contribution in [1.82, 2.24) is 4.98 Å². The molecular formula is C15H11ClN4O4. The number of halogens is 1. The van der Waals surface area contributed by atoms with E-state index >= 15 is 0 Å². The highest BCUT2D eigenvalue weighted by atomic mass is 35.5. The summed E-state index contributed by atoms with van der Waals surface area (Å²) < 4.78 is 10.9. The Kier molecular flexibility index (Phi) is 4.35. The zero-order valence-electron chi connectivity index (χ0n) is 12.3. The van der Waals surface area contributed by atoms with Crippen LogP contribution in [0.1, 0.15) is 11.1 Å². The number of aromatic nitrogens is 1. The van der Waals surface area contributed by atoms with Crippen LogP contribution >= 0.6 is 11.6 Å². The average Bonchev–Trinajstić information content (AvgIpc) is 2.59. The number of nitrogens with one attached hydrogen (secondary N) is 1. The number of benzene rings is 1. The molecule has 2 aromatic rings. The Morgan fingerprint density at radius 3 is 2.96 bits per heavy atom. The van der Waals surface area contributed by atoms with Crippen LogP contribution in [0.2, 0.25) is 5.02 Å². The van der Waals surface area contributed by atoms with E-state index in [0.29, 0.717) is 29.7 Å². The number of ether oxygens (including phenoxy) is 2. The Morgan fingerprint density at radius 2 is 2.21 bits per heavy atom. The van der Waals surface area contributed by atoms with Crippen molar-refractivity contribution >= 4 is 23.1 Å². The summed E-state index contributed by atoms with van der Waals surface area (Å²) in [5.74, 6) is 1.03. The Hall–Kier alpha value is -3.05. The second kappa shape index (κ2) is 6.60. The highest BCUT2D eigenvalue weighted by Gasteiger charge is 2.21. The molecule has 0 saturated heterocycles. The second-order valence-corrected chi connectivity index (χ2v) is 5.29. The molecule has 1 aliphatic rings. The molecule has 0 unspecified atom stereocenters. The third-order valence-corrected chi connectivity index (χ3v) is 3.62. The molecule has 1 aromatic heterocycles. The van der Waals surface area contributed by atoms with Crippen molar-refractivity contribution < 1.29 is 14.4 Å². The lowest BCUT2D eigenvalue weighted by Crippen LogP contribution is -2.16. The van der Waals surface area contributed by atoms with Gasteiger partial charge in [0, 0.05) is 12.7 Å². The largest absolute Gasteiger partial charge is 0.486 e.